The smallest absolute Gasteiger partial charge is 0.256 e. The van der Waals surface area contributed by atoms with Gasteiger partial charge in [-0.15, -0.1) is 0 Å². The van der Waals surface area contributed by atoms with Gasteiger partial charge in [-0.1, -0.05) is 30.3 Å². The number of likely N-dealkylation sites (tertiary alicyclic amines) is 1. The molecule has 5 heteroatoms. The predicted molar refractivity (Wildman–Crippen MR) is 97.4 cm³/mol. The summed E-state index contributed by atoms with van der Waals surface area (Å²) in [7, 11) is 1.62. The zero-order valence-corrected chi connectivity index (χ0v) is 15.2. The van der Waals surface area contributed by atoms with Crippen LogP contribution in [-0.2, 0) is 14.3 Å². The number of nitrogens with zero attached hydrogens (tertiary/aromatic N) is 2. The zero-order chi connectivity index (χ0) is 17.5. The molecule has 1 aromatic rings. The molecule has 2 fully saturated rings. The molecule has 0 N–H and O–H groups in total. The van der Waals surface area contributed by atoms with E-state index in [-0.39, 0.29) is 5.91 Å². The summed E-state index contributed by atoms with van der Waals surface area (Å²) >= 11 is 0. The number of morpholine rings is 1. The third-order valence-electron chi connectivity index (χ3n) is 5.45. The normalized spacial score (nSPS) is 21.2. The molecule has 1 aromatic carbocycles. The Bertz CT molecular complexity index is 523. The first-order valence-electron chi connectivity index (χ1n) is 9.44. The highest BCUT2D eigenvalue weighted by molar-refractivity contribution is 5.82. The van der Waals surface area contributed by atoms with E-state index in [9.17, 15) is 4.79 Å². The van der Waals surface area contributed by atoms with Crippen molar-refractivity contribution in [3.05, 3.63) is 35.9 Å². The van der Waals surface area contributed by atoms with Crippen molar-refractivity contribution < 1.29 is 14.3 Å². The maximum atomic E-state index is 12.8. The van der Waals surface area contributed by atoms with E-state index in [1.165, 1.54) is 6.42 Å². The first kappa shape index (κ1) is 18.4. The van der Waals surface area contributed by atoms with Crippen molar-refractivity contribution in [1.82, 2.24) is 9.80 Å². The molecule has 25 heavy (non-hydrogen) atoms. The molecule has 1 amide bonds. The summed E-state index contributed by atoms with van der Waals surface area (Å²) in [5.74, 6) is 0.824. The van der Waals surface area contributed by atoms with E-state index in [1.807, 2.05) is 35.2 Å². The van der Waals surface area contributed by atoms with Crippen molar-refractivity contribution in [3.8, 4) is 0 Å². The lowest BCUT2D eigenvalue weighted by Gasteiger charge is -2.35. The van der Waals surface area contributed by atoms with E-state index in [2.05, 4.69) is 4.90 Å². The quantitative estimate of drug-likeness (QED) is 0.793. The molecular weight excluding hydrogens is 316 g/mol. The Morgan fingerprint density at radius 2 is 1.84 bits per heavy atom. The van der Waals surface area contributed by atoms with Crippen LogP contribution in [-0.4, -0.2) is 68.8 Å². The number of methoxy groups -OCH3 is 1. The molecule has 0 bridgehead atoms. The van der Waals surface area contributed by atoms with Gasteiger partial charge < -0.3 is 14.4 Å². The molecule has 2 aliphatic rings. The molecule has 0 saturated carbocycles. The number of hydrogen-bond donors (Lipinski definition) is 0. The molecule has 3 rings (SSSR count). The maximum absolute atomic E-state index is 12.8. The van der Waals surface area contributed by atoms with Gasteiger partial charge in [0.2, 0.25) is 0 Å². The average Bonchev–Trinajstić information content (AvgIpc) is 2.69. The Morgan fingerprint density at radius 1 is 1.16 bits per heavy atom. The minimum Gasteiger partial charge on any atom is -0.379 e. The summed E-state index contributed by atoms with van der Waals surface area (Å²) < 4.78 is 10.9. The molecule has 0 aliphatic carbocycles. The highest BCUT2D eigenvalue weighted by Gasteiger charge is 2.29. The molecule has 2 heterocycles. The number of amides is 1. The lowest BCUT2D eigenvalue weighted by atomic mass is 9.92. The molecule has 1 atom stereocenters. The number of ether oxygens (including phenoxy) is 2. The molecule has 0 radical (unpaired) electrons. The van der Waals surface area contributed by atoms with Gasteiger partial charge in [0.15, 0.2) is 6.10 Å². The van der Waals surface area contributed by atoms with Gasteiger partial charge in [0, 0.05) is 33.3 Å². The van der Waals surface area contributed by atoms with Crippen LogP contribution in [0.25, 0.3) is 0 Å². The Balaban J connectivity index is 1.45. The topological polar surface area (TPSA) is 42.0 Å². The van der Waals surface area contributed by atoms with Crippen LogP contribution in [0, 0.1) is 5.92 Å². The Hall–Kier alpha value is -1.43. The molecule has 0 aromatic heterocycles. The van der Waals surface area contributed by atoms with E-state index in [1.54, 1.807) is 7.11 Å². The second kappa shape index (κ2) is 9.32. The number of piperidine rings is 1. The van der Waals surface area contributed by atoms with Crippen molar-refractivity contribution in [2.45, 2.75) is 25.4 Å². The van der Waals surface area contributed by atoms with Gasteiger partial charge in [-0.2, -0.15) is 0 Å². The van der Waals surface area contributed by atoms with Crippen molar-refractivity contribution in [1.29, 1.82) is 0 Å². The van der Waals surface area contributed by atoms with E-state index >= 15 is 0 Å². The first-order chi connectivity index (χ1) is 12.3. The average molecular weight is 346 g/mol. The summed E-state index contributed by atoms with van der Waals surface area (Å²) in [5, 5.41) is 0. The fraction of sp³-hybridized carbons (Fsp3) is 0.650. The molecule has 1 unspecified atom stereocenters. The van der Waals surface area contributed by atoms with E-state index < -0.39 is 6.10 Å². The summed E-state index contributed by atoms with van der Waals surface area (Å²) in [6.07, 6.45) is 2.95. The van der Waals surface area contributed by atoms with Gasteiger partial charge in [-0.3, -0.25) is 9.69 Å². The van der Waals surface area contributed by atoms with Crippen LogP contribution in [0.5, 0.6) is 0 Å². The van der Waals surface area contributed by atoms with E-state index in [0.717, 1.165) is 70.3 Å². The van der Waals surface area contributed by atoms with Crippen molar-refractivity contribution in [2.24, 2.45) is 5.92 Å². The lowest BCUT2D eigenvalue weighted by molar-refractivity contribution is -0.143. The zero-order valence-electron chi connectivity index (χ0n) is 15.2. The SMILES string of the molecule is COC(C(=O)N1CCC(CCN2CCOCC2)CC1)c1ccccc1. The number of carbonyl (C=O) groups is 1. The molecule has 2 aliphatic heterocycles. The number of benzene rings is 1. The third kappa shape index (κ3) is 5.03. The maximum Gasteiger partial charge on any atom is 0.256 e. The number of hydrogen-bond acceptors (Lipinski definition) is 4. The van der Waals surface area contributed by atoms with Gasteiger partial charge in [-0.25, -0.2) is 0 Å². The Labute approximate surface area is 150 Å². The standard InChI is InChI=1S/C20H30N2O3/c1-24-19(18-5-3-2-4-6-18)20(23)22-11-8-17(9-12-22)7-10-21-13-15-25-16-14-21/h2-6,17,19H,7-16H2,1H3. The largest absolute Gasteiger partial charge is 0.379 e. The summed E-state index contributed by atoms with van der Waals surface area (Å²) in [6.45, 7) is 6.70. The van der Waals surface area contributed by atoms with Crippen LogP contribution in [0.4, 0.5) is 0 Å². The van der Waals surface area contributed by atoms with Gasteiger partial charge in [0.05, 0.1) is 13.2 Å². The van der Waals surface area contributed by atoms with E-state index in [0.29, 0.717) is 0 Å². The second-order valence-electron chi connectivity index (χ2n) is 7.04. The Kier molecular flexibility index (Phi) is 6.84. The van der Waals surface area contributed by atoms with E-state index in [4.69, 9.17) is 9.47 Å². The number of rotatable bonds is 6. The fourth-order valence-electron chi connectivity index (χ4n) is 3.81. The molecule has 5 nitrogen and oxygen atoms in total. The van der Waals surface area contributed by atoms with Crippen LogP contribution in [0.2, 0.25) is 0 Å². The van der Waals surface area contributed by atoms with Gasteiger partial charge in [0.25, 0.3) is 5.91 Å². The number of carbonyl (C=O) groups excluding carboxylic acids is 1. The van der Waals surface area contributed by atoms with Crippen LogP contribution >= 0.6 is 0 Å². The molecule has 138 valence electrons. The summed E-state index contributed by atoms with van der Waals surface area (Å²) in [6, 6.07) is 9.78. The first-order valence-corrected chi connectivity index (χ1v) is 9.44. The molecule has 0 spiro atoms. The summed E-state index contributed by atoms with van der Waals surface area (Å²) in [4.78, 5) is 17.3. The highest BCUT2D eigenvalue weighted by Crippen LogP contribution is 2.25. The van der Waals surface area contributed by atoms with Crippen molar-refractivity contribution >= 4 is 5.91 Å². The lowest BCUT2D eigenvalue weighted by Crippen LogP contribution is -2.42. The molecule has 2 saturated heterocycles. The highest BCUT2D eigenvalue weighted by atomic mass is 16.5. The third-order valence-corrected chi connectivity index (χ3v) is 5.45. The minimum atomic E-state index is -0.480. The van der Waals surface area contributed by atoms with Gasteiger partial charge >= 0.3 is 0 Å². The van der Waals surface area contributed by atoms with Crippen molar-refractivity contribution in [3.63, 3.8) is 0 Å². The second-order valence-corrected chi connectivity index (χ2v) is 7.04. The van der Waals surface area contributed by atoms with Crippen LogP contribution in [0.1, 0.15) is 30.9 Å². The van der Waals surface area contributed by atoms with Crippen LogP contribution in [0.3, 0.4) is 0 Å². The van der Waals surface area contributed by atoms with Crippen LogP contribution in [0.15, 0.2) is 30.3 Å². The minimum absolute atomic E-state index is 0.0975. The van der Waals surface area contributed by atoms with Crippen molar-refractivity contribution in [2.75, 3.05) is 53.0 Å². The predicted octanol–water partition coefficient (Wildman–Crippen LogP) is 2.33. The molecular formula is C20H30N2O3. The van der Waals surface area contributed by atoms with Crippen LogP contribution < -0.4 is 0 Å². The fourth-order valence-corrected chi connectivity index (χ4v) is 3.81. The summed E-state index contributed by atoms with van der Waals surface area (Å²) in [5.41, 5.74) is 0.935. The van der Waals surface area contributed by atoms with Gasteiger partial charge in [-0.05, 0) is 37.3 Å². The van der Waals surface area contributed by atoms with Gasteiger partial charge in [0.1, 0.15) is 0 Å². The Morgan fingerprint density at radius 3 is 2.48 bits per heavy atom. The monoisotopic (exact) mass is 346 g/mol.